The predicted octanol–water partition coefficient (Wildman–Crippen LogP) is 5.04. The lowest BCUT2D eigenvalue weighted by atomic mass is 10.1. The van der Waals surface area contributed by atoms with Crippen LogP contribution in [0.25, 0.3) is 11.2 Å². The SMILES string of the molecule is CCCOCCCn1c(=O)c2c(nc(Cc3cc(OC(F)(F)F)ccc3F)n2Cc2ccc(Cl)cc2)n(C)c1=O. The molecular formula is C27H27ClF4N4O4. The highest BCUT2D eigenvalue weighted by atomic mass is 35.5. The number of hydrogen-bond donors (Lipinski definition) is 0. The van der Waals surface area contributed by atoms with Crippen LogP contribution in [0.1, 0.15) is 36.7 Å². The first-order chi connectivity index (χ1) is 19.0. The van der Waals surface area contributed by atoms with Gasteiger partial charge in [0.25, 0.3) is 5.56 Å². The molecule has 0 spiro atoms. The van der Waals surface area contributed by atoms with Crippen molar-refractivity contribution in [2.24, 2.45) is 7.05 Å². The Labute approximate surface area is 231 Å². The summed E-state index contributed by atoms with van der Waals surface area (Å²) in [7, 11) is 1.47. The molecule has 2 aromatic carbocycles. The van der Waals surface area contributed by atoms with Crippen LogP contribution < -0.4 is 16.0 Å². The number of aromatic nitrogens is 4. The molecule has 0 saturated carbocycles. The van der Waals surface area contributed by atoms with Crippen molar-refractivity contribution in [2.75, 3.05) is 13.2 Å². The van der Waals surface area contributed by atoms with Crippen molar-refractivity contribution in [3.05, 3.63) is 91.1 Å². The smallest absolute Gasteiger partial charge is 0.406 e. The molecule has 4 aromatic rings. The number of aryl methyl sites for hydroxylation is 1. The highest BCUT2D eigenvalue weighted by molar-refractivity contribution is 6.30. The van der Waals surface area contributed by atoms with Crippen LogP contribution >= 0.6 is 11.6 Å². The first kappa shape index (κ1) is 29.3. The molecule has 4 rings (SSSR count). The number of benzene rings is 2. The number of hydrogen-bond acceptors (Lipinski definition) is 5. The third kappa shape index (κ3) is 6.73. The Hall–Kier alpha value is -3.64. The standard InChI is InChI=1S/C27H27ClF4N4O4/c1-3-12-39-13-4-11-35-25(37)23-24(34(2)26(35)38)33-22(36(23)16-17-5-7-19(28)8-6-17)15-18-14-20(9-10-21(18)29)40-27(30,31)32/h5-10,14H,3-4,11-13,15-16H2,1-2H3. The van der Waals surface area contributed by atoms with Crippen LogP contribution in [0.4, 0.5) is 17.6 Å². The van der Waals surface area contributed by atoms with Crippen LogP contribution in [0.3, 0.4) is 0 Å². The van der Waals surface area contributed by atoms with E-state index in [0.717, 1.165) is 34.8 Å². The van der Waals surface area contributed by atoms with Crippen LogP contribution in [0.2, 0.25) is 5.02 Å². The molecule has 40 heavy (non-hydrogen) atoms. The van der Waals surface area contributed by atoms with Gasteiger partial charge in [0.05, 0.1) is 0 Å². The number of halogens is 5. The average molecular weight is 583 g/mol. The Morgan fingerprint density at radius 2 is 1.75 bits per heavy atom. The average Bonchev–Trinajstić information content (AvgIpc) is 3.24. The van der Waals surface area contributed by atoms with E-state index in [0.29, 0.717) is 24.7 Å². The number of nitrogens with zero attached hydrogens (tertiary/aromatic N) is 4. The number of rotatable bonds is 11. The molecule has 0 radical (unpaired) electrons. The summed E-state index contributed by atoms with van der Waals surface area (Å²) in [5.74, 6) is -1.20. The van der Waals surface area contributed by atoms with Gasteiger partial charge in [-0.25, -0.2) is 14.2 Å². The molecule has 0 bridgehead atoms. The fourth-order valence-electron chi connectivity index (χ4n) is 4.32. The van der Waals surface area contributed by atoms with Crippen LogP contribution in [-0.2, 0) is 31.3 Å². The normalized spacial score (nSPS) is 11.9. The maximum atomic E-state index is 14.7. The summed E-state index contributed by atoms with van der Waals surface area (Å²) in [5.41, 5.74) is -0.399. The molecule has 0 saturated heterocycles. The van der Waals surface area contributed by atoms with E-state index >= 15 is 0 Å². The fourth-order valence-corrected chi connectivity index (χ4v) is 4.44. The predicted molar refractivity (Wildman–Crippen MR) is 141 cm³/mol. The van der Waals surface area contributed by atoms with Gasteiger partial charge in [0.1, 0.15) is 17.4 Å². The third-order valence-corrected chi connectivity index (χ3v) is 6.44. The van der Waals surface area contributed by atoms with E-state index in [1.165, 1.54) is 11.6 Å². The fraction of sp³-hybridized carbons (Fsp3) is 0.370. The van der Waals surface area contributed by atoms with E-state index in [4.69, 9.17) is 16.3 Å². The third-order valence-electron chi connectivity index (χ3n) is 6.18. The lowest BCUT2D eigenvalue weighted by Crippen LogP contribution is -2.40. The summed E-state index contributed by atoms with van der Waals surface area (Å²) in [6, 6.07) is 9.48. The highest BCUT2D eigenvalue weighted by Crippen LogP contribution is 2.27. The molecule has 0 unspecified atom stereocenters. The Morgan fingerprint density at radius 1 is 1.02 bits per heavy atom. The van der Waals surface area contributed by atoms with Gasteiger partial charge in [0, 0.05) is 44.8 Å². The molecule has 0 aliphatic heterocycles. The molecule has 214 valence electrons. The van der Waals surface area contributed by atoms with E-state index in [-0.39, 0.29) is 42.1 Å². The summed E-state index contributed by atoms with van der Waals surface area (Å²) in [5, 5.41) is 0.498. The van der Waals surface area contributed by atoms with Gasteiger partial charge in [-0.1, -0.05) is 30.7 Å². The van der Waals surface area contributed by atoms with Crippen molar-refractivity contribution >= 4 is 22.8 Å². The molecule has 8 nitrogen and oxygen atoms in total. The van der Waals surface area contributed by atoms with Crippen molar-refractivity contribution < 1.29 is 27.0 Å². The molecule has 0 atom stereocenters. The Kier molecular flexibility index (Phi) is 8.99. The van der Waals surface area contributed by atoms with Gasteiger partial charge in [0.2, 0.25) is 0 Å². The van der Waals surface area contributed by atoms with Crippen molar-refractivity contribution in [1.29, 1.82) is 0 Å². The van der Waals surface area contributed by atoms with Gasteiger partial charge in [-0.15, -0.1) is 13.2 Å². The van der Waals surface area contributed by atoms with Crippen LogP contribution in [0, 0.1) is 5.82 Å². The first-order valence-electron chi connectivity index (χ1n) is 12.5. The summed E-state index contributed by atoms with van der Waals surface area (Å²) in [6.45, 7) is 3.12. The summed E-state index contributed by atoms with van der Waals surface area (Å²) < 4.78 is 66.3. The van der Waals surface area contributed by atoms with E-state index in [1.807, 2.05) is 6.92 Å². The summed E-state index contributed by atoms with van der Waals surface area (Å²) in [4.78, 5) is 31.2. The van der Waals surface area contributed by atoms with E-state index in [2.05, 4.69) is 9.72 Å². The van der Waals surface area contributed by atoms with Crippen LogP contribution in [-0.4, -0.2) is 38.3 Å². The summed E-state index contributed by atoms with van der Waals surface area (Å²) in [6.07, 6.45) is -3.97. The summed E-state index contributed by atoms with van der Waals surface area (Å²) >= 11 is 6.02. The van der Waals surface area contributed by atoms with Gasteiger partial charge < -0.3 is 14.0 Å². The molecule has 2 aromatic heterocycles. The maximum absolute atomic E-state index is 14.7. The van der Waals surface area contributed by atoms with Crippen molar-refractivity contribution in [3.8, 4) is 5.75 Å². The number of ether oxygens (including phenoxy) is 2. The largest absolute Gasteiger partial charge is 0.573 e. The molecule has 0 aliphatic rings. The zero-order valence-corrected chi connectivity index (χ0v) is 22.6. The highest BCUT2D eigenvalue weighted by Gasteiger charge is 2.31. The van der Waals surface area contributed by atoms with Crippen LogP contribution in [0.15, 0.2) is 52.1 Å². The number of fused-ring (bicyclic) bond motifs is 1. The van der Waals surface area contributed by atoms with Crippen molar-refractivity contribution in [3.63, 3.8) is 0 Å². The maximum Gasteiger partial charge on any atom is 0.573 e. The van der Waals surface area contributed by atoms with Gasteiger partial charge in [-0.2, -0.15) is 0 Å². The van der Waals surface area contributed by atoms with E-state index in [9.17, 15) is 27.2 Å². The van der Waals surface area contributed by atoms with E-state index in [1.54, 1.807) is 28.8 Å². The second-order valence-electron chi connectivity index (χ2n) is 9.15. The minimum atomic E-state index is -4.96. The van der Waals surface area contributed by atoms with Gasteiger partial charge in [-0.05, 0) is 54.3 Å². The van der Waals surface area contributed by atoms with Gasteiger partial charge in [0.15, 0.2) is 11.2 Å². The molecule has 0 amide bonds. The second-order valence-corrected chi connectivity index (χ2v) is 9.59. The zero-order valence-electron chi connectivity index (χ0n) is 21.8. The molecular weight excluding hydrogens is 556 g/mol. The van der Waals surface area contributed by atoms with Gasteiger partial charge in [-0.3, -0.25) is 13.9 Å². The Morgan fingerprint density at radius 3 is 2.42 bits per heavy atom. The molecule has 0 aliphatic carbocycles. The monoisotopic (exact) mass is 582 g/mol. The first-order valence-corrected chi connectivity index (χ1v) is 12.9. The number of imidazole rings is 1. The topological polar surface area (TPSA) is 80.3 Å². The van der Waals surface area contributed by atoms with Crippen molar-refractivity contribution in [2.45, 2.75) is 45.6 Å². The van der Waals surface area contributed by atoms with E-state index < -0.39 is 29.2 Å². The molecule has 2 heterocycles. The molecule has 0 N–H and O–H groups in total. The molecule has 13 heteroatoms. The van der Waals surface area contributed by atoms with Crippen LogP contribution in [0.5, 0.6) is 5.75 Å². The minimum Gasteiger partial charge on any atom is -0.406 e. The van der Waals surface area contributed by atoms with Gasteiger partial charge >= 0.3 is 12.1 Å². The number of alkyl halides is 3. The minimum absolute atomic E-state index is 0.0700. The van der Waals surface area contributed by atoms with Crippen molar-refractivity contribution in [1.82, 2.24) is 18.7 Å². The lowest BCUT2D eigenvalue weighted by molar-refractivity contribution is -0.274. The Bertz CT molecular complexity index is 1610. The molecule has 0 fully saturated rings. The Balaban J connectivity index is 1.83. The second kappa shape index (κ2) is 12.3. The lowest BCUT2D eigenvalue weighted by Gasteiger charge is -2.13. The zero-order chi connectivity index (χ0) is 29.0. The quantitative estimate of drug-likeness (QED) is 0.183.